The summed E-state index contributed by atoms with van der Waals surface area (Å²) in [5.41, 5.74) is 6.28. The summed E-state index contributed by atoms with van der Waals surface area (Å²) in [5.74, 6) is 13.9. The molecule has 0 aromatic heterocycles. The molecule has 0 unspecified atom stereocenters. The van der Waals surface area contributed by atoms with Gasteiger partial charge < -0.3 is 0 Å². The summed E-state index contributed by atoms with van der Waals surface area (Å²) < 4.78 is 0. The van der Waals surface area contributed by atoms with E-state index in [2.05, 4.69) is 99.9 Å². The van der Waals surface area contributed by atoms with E-state index in [0.717, 1.165) is 66.0 Å². The van der Waals surface area contributed by atoms with Crippen molar-refractivity contribution >= 4 is 22.8 Å². The highest BCUT2D eigenvalue weighted by atomic mass is 14.8. The van der Waals surface area contributed by atoms with E-state index in [9.17, 15) is 0 Å². The lowest BCUT2D eigenvalue weighted by atomic mass is 10.0. The fourth-order valence-corrected chi connectivity index (χ4v) is 11.3. The van der Waals surface area contributed by atoms with Crippen molar-refractivity contribution in [3.63, 3.8) is 0 Å². The largest absolute Gasteiger partial charge is 0.252 e. The normalized spacial score (nSPS) is 11.7. The molecule has 2 aromatic rings. The zero-order chi connectivity index (χ0) is 55.5. The molecule has 78 heavy (non-hydrogen) atoms. The molecule has 0 spiro atoms. The molecule has 0 aliphatic carbocycles. The lowest BCUT2D eigenvalue weighted by Gasteiger charge is -2.10. The van der Waals surface area contributed by atoms with Crippen LogP contribution >= 0.6 is 0 Å². The van der Waals surface area contributed by atoms with E-state index < -0.39 is 0 Å². The topological polar surface area (TPSA) is 24.7 Å². The molecule has 2 heteroatoms. The van der Waals surface area contributed by atoms with Gasteiger partial charge in [-0.1, -0.05) is 365 Å². The Hall–Kier alpha value is -3.10. The molecule has 0 amide bonds. The van der Waals surface area contributed by atoms with Crippen LogP contribution in [0.25, 0.3) is 0 Å². The van der Waals surface area contributed by atoms with Crippen molar-refractivity contribution in [2.45, 2.75) is 374 Å². The van der Waals surface area contributed by atoms with Gasteiger partial charge in [0.1, 0.15) is 0 Å². The first-order valence-electron chi connectivity index (χ1n) is 35.0. The van der Waals surface area contributed by atoms with Gasteiger partial charge in [0.15, 0.2) is 0 Å². The third kappa shape index (κ3) is 45.6. The van der Waals surface area contributed by atoms with Crippen LogP contribution in [0.5, 0.6) is 0 Å². The molecule has 2 aromatic carbocycles. The van der Waals surface area contributed by atoms with E-state index in [1.54, 1.807) is 0 Å². The summed E-state index contributed by atoms with van der Waals surface area (Å²) in [5, 5.41) is 0. The smallest absolute Gasteiger partial charge is 0.0646 e. The van der Waals surface area contributed by atoms with Crippen molar-refractivity contribution in [1.82, 2.24) is 0 Å². The molecule has 0 radical (unpaired) electrons. The van der Waals surface area contributed by atoms with Crippen molar-refractivity contribution < 1.29 is 0 Å². The maximum atomic E-state index is 5.28. The standard InChI is InChI=1S/C76H128N2/c1-5-9-12-15-17-19-21-23-25-27-29-31-33-35-37-39-41-43-45-47-49-51-53-55-57-62-71-64-60-66-73(69-71)77-75(8-4)76(68-59-14-11-7-3)78-74-67-61-65-72(70-74)63-58-56-54-52-50-48-46-44-42-40-38-36-34-32-30-28-26-24-22-20-18-16-13-10-6-2/h60-61,64-67,69-70H,5-56,59,68H2,1-4H3. The van der Waals surface area contributed by atoms with Crippen LogP contribution in [-0.2, 0) is 0 Å². The van der Waals surface area contributed by atoms with Crippen molar-refractivity contribution in [3.8, 4) is 23.7 Å². The second-order valence-electron chi connectivity index (χ2n) is 24.0. The summed E-state index contributed by atoms with van der Waals surface area (Å²) in [7, 11) is 0. The number of unbranched alkanes of at least 4 members (excludes halogenated alkanes) is 49. The molecular formula is C76H128N2. The zero-order valence-corrected chi connectivity index (χ0v) is 52.7. The van der Waals surface area contributed by atoms with Crippen LogP contribution in [0.3, 0.4) is 0 Å². The van der Waals surface area contributed by atoms with Gasteiger partial charge in [0, 0.05) is 24.0 Å². The molecule has 0 fully saturated rings. The van der Waals surface area contributed by atoms with E-state index in [0.29, 0.717) is 0 Å². The van der Waals surface area contributed by atoms with E-state index in [-0.39, 0.29) is 0 Å². The molecule has 0 heterocycles. The Bertz CT molecular complexity index is 1790. The average molecular weight is 1070 g/mol. The number of benzene rings is 2. The van der Waals surface area contributed by atoms with E-state index in [4.69, 9.17) is 9.98 Å². The third-order valence-electron chi connectivity index (χ3n) is 16.4. The Morgan fingerprint density at radius 1 is 0.282 bits per heavy atom. The van der Waals surface area contributed by atoms with Crippen LogP contribution in [0.15, 0.2) is 58.5 Å². The minimum Gasteiger partial charge on any atom is -0.252 e. The highest BCUT2D eigenvalue weighted by molar-refractivity contribution is 6.43. The number of nitrogens with zero attached hydrogens (tertiary/aromatic N) is 2. The molecule has 0 saturated carbocycles. The Morgan fingerprint density at radius 2 is 0.526 bits per heavy atom. The summed E-state index contributed by atoms with van der Waals surface area (Å²) in [6, 6.07) is 17.1. The maximum Gasteiger partial charge on any atom is 0.0646 e. The fraction of sp³-hybridized carbons (Fsp3) is 0.763. The SMILES string of the molecule is CCCCCCCCCCCCCCCCCCCCCCCCCC#Cc1cccc(N=C(CC)C(CCCCCC)=Nc2cccc(C#CCCCCCCCCCCCCCCCCCCCCCCCCC)c2)c1. The highest BCUT2D eigenvalue weighted by Gasteiger charge is 2.10. The Kier molecular flexibility index (Phi) is 52.0. The second kappa shape index (κ2) is 57.1. The van der Waals surface area contributed by atoms with Gasteiger partial charge in [-0.2, -0.15) is 0 Å². The molecule has 0 N–H and O–H groups in total. The van der Waals surface area contributed by atoms with E-state index >= 15 is 0 Å². The van der Waals surface area contributed by atoms with Gasteiger partial charge in [0.05, 0.1) is 22.8 Å². The predicted molar refractivity (Wildman–Crippen MR) is 353 cm³/mol. The van der Waals surface area contributed by atoms with Crippen molar-refractivity contribution in [3.05, 3.63) is 59.7 Å². The molecular weight excluding hydrogens is 941 g/mol. The molecule has 0 bridgehead atoms. The maximum absolute atomic E-state index is 5.28. The number of rotatable bonds is 55. The third-order valence-corrected chi connectivity index (χ3v) is 16.4. The fourth-order valence-electron chi connectivity index (χ4n) is 11.3. The van der Waals surface area contributed by atoms with E-state index in [1.807, 2.05) is 0 Å². The predicted octanol–water partition coefficient (Wildman–Crippen LogP) is 26.4. The first-order valence-corrected chi connectivity index (χ1v) is 35.0. The Labute approximate surface area is 488 Å². The lowest BCUT2D eigenvalue weighted by molar-refractivity contribution is 0.518. The van der Waals surface area contributed by atoms with Gasteiger partial charge in [-0.15, -0.1) is 0 Å². The van der Waals surface area contributed by atoms with E-state index in [1.165, 1.54) is 315 Å². The van der Waals surface area contributed by atoms with Crippen LogP contribution in [0.1, 0.15) is 386 Å². The van der Waals surface area contributed by atoms with Crippen LogP contribution in [-0.4, -0.2) is 11.4 Å². The summed E-state index contributed by atoms with van der Waals surface area (Å²) in [6.45, 7) is 9.12. The number of hydrogen-bond donors (Lipinski definition) is 0. The van der Waals surface area contributed by atoms with Crippen LogP contribution in [0.4, 0.5) is 11.4 Å². The minimum absolute atomic E-state index is 0.848. The number of hydrogen-bond acceptors (Lipinski definition) is 2. The molecule has 442 valence electrons. The average Bonchev–Trinajstić information content (AvgIpc) is 3.46. The van der Waals surface area contributed by atoms with Crippen LogP contribution < -0.4 is 0 Å². The number of aliphatic imine (C=N–C) groups is 2. The van der Waals surface area contributed by atoms with Crippen LogP contribution in [0, 0.1) is 23.7 Å². The van der Waals surface area contributed by atoms with Gasteiger partial charge in [-0.25, -0.2) is 0 Å². The first-order chi connectivity index (χ1) is 38.7. The Balaban J connectivity index is 1.61. The Morgan fingerprint density at radius 3 is 0.795 bits per heavy atom. The first kappa shape index (κ1) is 71.0. The van der Waals surface area contributed by atoms with Gasteiger partial charge in [0.25, 0.3) is 0 Å². The molecule has 0 atom stereocenters. The van der Waals surface area contributed by atoms with Crippen molar-refractivity contribution in [2.24, 2.45) is 9.98 Å². The van der Waals surface area contributed by atoms with Gasteiger partial charge in [-0.3, -0.25) is 9.98 Å². The summed E-state index contributed by atoms with van der Waals surface area (Å²) >= 11 is 0. The molecule has 0 aliphatic rings. The van der Waals surface area contributed by atoms with Crippen molar-refractivity contribution in [2.75, 3.05) is 0 Å². The van der Waals surface area contributed by atoms with Gasteiger partial charge in [0.2, 0.25) is 0 Å². The molecule has 2 rings (SSSR count). The van der Waals surface area contributed by atoms with Crippen molar-refractivity contribution in [1.29, 1.82) is 0 Å². The van der Waals surface area contributed by atoms with Crippen LogP contribution in [0.2, 0.25) is 0 Å². The zero-order valence-electron chi connectivity index (χ0n) is 52.7. The second-order valence-corrected chi connectivity index (χ2v) is 24.0. The van der Waals surface area contributed by atoms with Gasteiger partial charge >= 0.3 is 0 Å². The minimum atomic E-state index is 0.848. The highest BCUT2D eigenvalue weighted by Crippen LogP contribution is 2.22. The lowest BCUT2D eigenvalue weighted by Crippen LogP contribution is -2.13. The summed E-state index contributed by atoms with van der Waals surface area (Å²) in [4.78, 5) is 10.5. The molecule has 0 aliphatic heterocycles. The summed E-state index contributed by atoms with van der Waals surface area (Å²) in [6.07, 6.45) is 74.1. The monoisotopic (exact) mass is 1070 g/mol. The van der Waals surface area contributed by atoms with Gasteiger partial charge in [-0.05, 0) is 68.5 Å². The quantitative estimate of drug-likeness (QED) is 0.0358. The molecule has 0 saturated heterocycles. The molecule has 2 nitrogen and oxygen atoms in total.